The molecule has 0 bridgehead atoms. The van der Waals surface area contributed by atoms with E-state index < -0.39 is 8.07 Å². The SMILES string of the molecule is CC(C)[Si](C#CCCc1ccccc1I)(C(C)C)C(C)C. The summed E-state index contributed by atoms with van der Waals surface area (Å²) in [6.45, 7) is 14.3. The second-order valence-corrected chi connectivity index (χ2v) is 13.5. The van der Waals surface area contributed by atoms with E-state index in [0.29, 0.717) is 0 Å². The van der Waals surface area contributed by atoms with Crippen molar-refractivity contribution in [1.82, 2.24) is 0 Å². The molecular weight excluding hydrogens is 383 g/mol. The van der Waals surface area contributed by atoms with Crippen molar-refractivity contribution in [2.75, 3.05) is 0 Å². The van der Waals surface area contributed by atoms with E-state index >= 15 is 0 Å². The van der Waals surface area contributed by atoms with Crippen LogP contribution < -0.4 is 0 Å². The van der Waals surface area contributed by atoms with Crippen molar-refractivity contribution >= 4 is 30.7 Å². The Bertz CT molecular complexity index is 484. The maximum Gasteiger partial charge on any atom is 0.145 e. The van der Waals surface area contributed by atoms with Crippen LogP contribution in [-0.2, 0) is 6.42 Å². The van der Waals surface area contributed by atoms with Crippen LogP contribution in [0.5, 0.6) is 0 Å². The molecule has 0 aliphatic carbocycles. The third kappa shape index (κ3) is 4.60. The summed E-state index contributed by atoms with van der Waals surface area (Å²) in [7, 11) is -1.54. The monoisotopic (exact) mass is 412 g/mol. The number of hydrogen-bond donors (Lipinski definition) is 0. The van der Waals surface area contributed by atoms with E-state index in [2.05, 4.69) is 99.9 Å². The van der Waals surface area contributed by atoms with Crippen molar-refractivity contribution in [3.05, 3.63) is 33.4 Å². The highest BCUT2D eigenvalue weighted by Gasteiger charge is 2.41. The van der Waals surface area contributed by atoms with Gasteiger partial charge in [-0.05, 0) is 57.3 Å². The zero-order valence-electron chi connectivity index (χ0n) is 14.3. The summed E-state index contributed by atoms with van der Waals surface area (Å²) in [5, 5.41) is 0. The number of halogens is 1. The van der Waals surface area contributed by atoms with Gasteiger partial charge in [-0.1, -0.05) is 59.7 Å². The molecular formula is C19H29ISi. The molecule has 0 saturated heterocycles. The average Bonchev–Trinajstić information content (AvgIpc) is 2.39. The topological polar surface area (TPSA) is 0 Å². The lowest BCUT2D eigenvalue weighted by atomic mass is 10.1. The molecule has 0 heterocycles. The van der Waals surface area contributed by atoms with E-state index in [1.54, 1.807) is 0 Å². The lowest BCUT2D eigenvalue weighted by molar-refractivity contribution is 0.838. The Morgan fingerprint density at radius 2 is 1.48 bits per heavy atom. The second-order valence-electron chi connectivity index (χ2n) is 6.79. The number of hydrogen-bond acceptors (Lipinski definition) is 0. The first-order valence-corrected chi connectivity index (χ1v) is 11.4. The summed E-state index contributed by atoms with van der Waals surface area (Å²) in [5.41, 5.74) is 7.41. The Morgan fingerprint density at radius 3 is 1.95 bits per heavy atom. The molecule has 1 aromatic rings. The predicted octanol–water partition coefficient (Wildman–Crippen LogP) is 6.45. The van der Waals surface area contributed by atoms with E-state index in [4.69, 9.17) is 0 Å². The molecule has 0 unspecified atom stereocenters. The molecule has 0 nitrogen and oxygen atoms in total. The fourth-order valence-electron chi connectivity index (χ4n) is 3.55. The zero-order chi connectivity index (χ0) is 16.0. The van der Waals surface area contributed by atoms with Gasteiger partial charge >= 0.3 is 0 Å². The second kappa shape index (κ2) is 8.38. The fourth-order valence-corrected chi connectivity index (χ4v) is 9.50. The lowest BCUT2D eigenvalue weighted by Gasteiger charge is -2.38. The van der Waals surface area contributed by atoms with E-state index in [-0.39, 0.29) is 0 Å². The summed E-state index contributed by atoms with van der Waals surface area (Å²) in [6.07, 6.45) is 2.06. The van der Waals surface area contributed by atoms with Gasteiger partial charge in [0.15, 0.2) is 0 Å². The van der Waals surface area contributed by atoms with Gasteiger partial charge in [-0.25, -0.2) is 0 Å². The average molecular weight is 412 g/mol. The summed E-state index contributed by atoms with van der Waals surface area (Å²) < 4.78 is 1.36. The van der Waals surface area contributed by atoms with Crippen molar-refractivity contribution in [2.45, 2.75) is 71.0 Å². The molecule has 0 aromatic heterocycles. The lowest BCUT2D eigenvalue weighted by Crippen LogP contribution is -2.43. The van der Waals surface area contributed by atoms with Crippen molar-refractivity contribution < 1.29 is 0 Å². The molecule has 0 spiro atoms. The normalized spacial score (nSPS) is 11.9. The van der Waals surface area contributed by atoms with Gasteiger partial charge in [-0.15, -0.1) is 11.5 Å². The molecule has 0 aliphatic heterocycles. The maximum atomic E-state index is 3.81. The largest absolute Gasteiger partial charge is 0.145 e. The van der Waals surface area contributed by atoms with Crippen LogP contribution in [0.25, 0.3) is 0 Å². The standard InChI is InChI=1S/C19H29ISi/c1-15(2)21(16(3)4,17(5)6)14-10-9-12-18-11-7-8-13-19(18)20/h7-8,11,13,15-17H,9,12H2,1-6H3. The third-order valence-corrected chi connectivity index (χ3v) is 12.0. The first kappa shape index (κ1) is 18.8. The minimum Gasteiger partial charge on any atom is -0.130 e. The van der Waals surface area contributed by atoms with Gasteiger partial charge in [0.1, 0.15) is 8.07 Å². The number of benzene rings is 1. The minimum atomic E-state index is -1.54. The van der Waals surface area contributed by atoms with Crippen LogP contribution in [0.3, 0.4) is 0 Å². The molecule has 0 aliphatic rings. The van der Waals surface area contributed by atoms with Gasteiger partial charge < -0.3 is 0 Å². The van der Waals surface area contributed by atoms with Gasteiger partial charge in [0, 0.05) is 9.99 Å². The molecule has 0 amide bonds. The van der Waals surface area contributed by atoms with Crippen LogP contribution in [0.1, 0.15) is 53.5 Å². The van der Waals surface area contributed by atoms with Crippen LogP contribution in [0.4, 0.5) is 0 Å². The molecule has 2 heteroatoms. The highest BCUT2D eigenvalue weighted by Crippen LogP contribution is 2.40. The Hall–Kier alpha value is -0.273. The highest BCUT2D eigenvalue weighted by atomic mass is 127. The van der Waals surface area contributed by atoms with Crippen LogP contribution in [0, 0.1) is 15.0 Å². The minimum absolute atomic E-state index is 0.724. The Kier molecular flexibility index (Phi) is 7.50. The van der Waals surface area contributed by atoms with Crippen LogP contribution in [0.15, 0.2) is 24.3 Å². The first-order chi connectivity index (χ1) is 9.82. The van der Waals surface area contributed by atoms with Crippen LogP contribution in [-0.4, -0.2) is 8.07 Å². The van der Waals surface area contributed by atoms with Crippen LogP contribution in [0.2, 0.25) is 16.6 Å². The van der Waals surface area contributed by atoms with Gasteiger partial charge in [0.25, 0.3) is 0 Å². The van der Waals surface area contributed by atoms with Crippen LogP contribution >= 0.6 is 22.6 Å². The molecule has 0 atom stereocenters. The summed E-state index contributed by atoms with van der Waals surface area (Å²) in [5.74, 6) is 3.55. The van der Waals surface area contributed by atoms with Gasteiger partial charge in [-0.2, -0.15) is 0 Å². The number of aryl methyl sites for hydroxylation is 1. The summed E-state index contributed by atoms with van der Waals surface area (Å²) in [6, 6.07) is 8.63. The number of rotatable bonds is 5. The van der Waals surface area contributed by atoms with E-state index in [1.807, 2.05) is 0 Å². The first-order valence-electron chi connectivity index (χ1n) is 8.05. The van der Waals surface area contributed by atoms with Crippen molar-refractivity contribution in [2.24, 2.45) is 0 Å². The van der Waals surface area contributed by atoms with E-state index in [1.165, 1.54) is 9.13 Å². The zero-order valence-corrected chi connectivity index (χ0v) is 17.5. The van der Waals surface area contributed by atoms with Gasteiger partial charge in [0.2, 0.25) is 0 Å². The quantitative estimate of drug-likeness (QED) is 0.296. The smallest absolute Gasteiger partial charge is 0.130 e. The summed E-state index contributed by atoms with van der Waals surface area (Å²) in [4.78, 5) is 0. The molecule has 21 heavy (non-hydrogen) atoms. The third-order valence-electron chi connectivity index (χ3n) is 4.65. The molecule has 0 N–H and O–H groups in total. The molecule has 1 rings (SSSR count). The van der Waals surface area contributed by atoms with Crippen molar-refractivity contribution in [3.63, 3.8) is 0 Å². The fraction of sp³-hybridized carbons (Fsp3) is 0.579. The molecule has 0 radical (unpaired) electrons. The predicted molar refractivity (Wildman–Crippen MR) is 106 cm³/mol. The van der Waals surface area contributed by atoms with Crippen molar-refractivity contribution in [1.29, 1.82) is 0 Å². The molecule has 1 aromatic carbocycles. The highest BCUT2D eigenvalue weighted by molar-refractivity contribution is 14.1. The molecule has 0 saturated carbocycles. The van der Waals surface area contributed by atoms with Gasteiger partial charge in [-0.3, -0.25) is 0 Å². The van der Waals surface area contributed by atoms with E-state index in [0.717, 1.165) is 29.5 Å². The molecule has 0 fully saturated rings. The Labute approximate surface area is 146 Å². The summed E-state index contributed by atoms with van der Waals surface area (Å²) >= 11 is 2.42. The molecule has 116 valence electrons. The Balaban J connectivity index is 2.85. The Morgan fingerprint density at radius 1 is 0.952 bits per heavy atom. The van der Waals surface area contributed by atoms with Crippen molar-refractivity contribution in [3.8, 4) is 11.5 Å². The maximum absolute atomic E-state index is 3.81. The van der Waals surface area contributed by atoms with Gasteiger partial charge in [0.05, 0.1) is 0 Å². The van der Waals surface area contributed by atoms with E-state index in [9.17, 15) is 0 Å².